The maximum atomic E-state index is 6.78. The number of hydrogen-bond donors (Lipinski definition) is 0. The molecule has 0 N–H and O–H groups in total. The van der Waals surface area contributed by atoms with Gasteiger partial charge in [0.25, 0.3) is 0 Å². The molecule has 0 aliphatic carbocycles. The van der Waals surface area contributed by atoms with E-state index in [4.69, 9.17) is 19.4 Å². The van der Waals surface area contributed by atoms with Gasteiger partial charge in [-0.1, -0.05) is 133 Å². The molecule has 234 valence electrons. The summed E-state index contributed by atoms with van der Waals surface area (Å²) < 4.78 is 9.14. The van der Waals surface area contributed by atoms with Gasteiger partial charge in [0.2, 0.25) is 0 Å². The van der Waals surface area contributed by atoms with Crippen molar-refractivity contribution in [1.29, 1.82) is 0 Å². The van der Waals surface area contributed by atoms with Gasteiger partial charge in [-0.3, -0.25) is 0 Å². The second kappa shape index (κ2) is 11.4. The minimum Gasteiger partial charge on any atom is -0.456 e. The largest absolute Gasteiger partial charge is 0.456 e. The second-order valence-electron chi connectivity index (χ2n) is 12.4. The molecule has 0 fully saturated rings. The number of hydrogen-bond acceptors (Lipinski definition) is 4. The molecule has 0 amide bonds. The summed E-state index contributed by atoms with van der Waals surface area (Å²) in [4.78, 5) is 15.4. The molecule has 7 aromatic carbocycles. The molecular weight excluding hydrogens is 613 g/mol. The number of rotatable bonds is 5. The summed E-state index contributed by atoms with van der Waals surface area (Å²) in [7, 11) is 0. The van der Waals surface area contributed by atoms with Crippen molar-refractivity contribution < 1.29 is 4.42 Å². The molecule has 0 aliphatic heterocycles. The minimum absolute atomic E-state index is 0.584. The van der Waals surface area contributed by atoms with Crippen molar-refractivity contribution >= 4 is 43.7 Å². The number of fused-ring (bicyclic) bond motifs is 6. The van der Waals surface area contributed by atoms with Crippen LogP contribution in [0.2, 0.25) is 0 Å². The molecule has 5 nitrogen and oxygen atoms in total. The zero-order valence-corrected chi connectivity index (χ0v) is 26.9. The summed E-state index contributed by atoms with van der Waals surface area (Å²) >= 11 is 0. The molecule has 0 saturated heterocycles. The van der Waals surface area contributed by atoms with E-state index in [1.807, 2.05) is 66.7 Å². The normalized spacial score (nSPS) is 11.6. The summed E-state index contributed by atoms with van der Waals surface area (Å²) in [5, 5.41) is 4.38. The Morgan fingerprint density at radius 2 is 0.900 bits per heavy atom. The Morgan fingerprint density at radius 3 is 1.50 bits per heavy atom. The Morgan fingerprint density at radius 1 is 0.380 bits per heavy atom. The summed E-state index contributed by atoms with van der Waals surface area (Å²) in [5.74, 6) is 1.81. The molecule has 0 atom stereocenters. The van der Waals surface area contributed by atoms with Crippen LogP contribution in [0.15, 0.2) is 174 Å². The fourth-order valence-electron chi connectivity index (χ4n) is 7.20. The van der Waals surface area contributed by atoms with Gasteiger partial charge < -0.3 is 8.98 Å². The van der Waals surface area contributed by atoms with Crippen molar-refractivity contribution in [3.8, 4) is 51.0 Å². The molecule has 0 saturated carbocycles. The summed E-state index contributed by atoms with van der Waals surface area (Å²) in [6.07, 6.45) is 0. The van der Waals surface area contributed by atoms with Crippen molar-refractivity contribution in [3.63, 3.8) is 0 Å². The SMILES string of the molecule is c1ccc(-c2cc(-c3nc(-c4ccccc4)nc(-c4ccccc4)n3)c3c(c2)oc2cccc(-n4c5ccccc5c5ccccc54)c23)cc1. The molecule has 0 aliphatic rings. The smallest absolute Gasteiger partial charge is 0.164 e. The quantitative estimate of drug-likeness (QED) is 0.188. The highest BCUT2D eigenvalue weighted by Crippen LogP contribution is 2.43. The molecule has 5 heteroatoms. The van der Waals surface area contributed by atoms with Crippen LogP contribution in [0.5, 0.6) is 0 Å². The van der Waals surface area contributed by atoms with Crippen LogP contribution in [-0.2, 0) is 0 Å². The van der Waals surface area contributed by atoms with Crippen LogP contribution >= 0.6 is 0 Å². The lowest BCUT2D eigenvalue weighted by Crippen LogP contribution is -2.01. The summed E-state index contributed by atoms with van der Waals surface area (Å²) in [5.41, 5.74) is 9.70. The third-order valence-corrected chi connectivity index (χ3v) is 9.44. The van der Waals surface area contributed by atoms with Crippen LogP contribution in [0.3, 0.4) is 0 Å². The van der Waals surface area contributed by atoms with E-state index >= 15 is 0 Å². The van der Waals surface area contributed by atoms with E-state index in [-0.39, 0.29) is 0 Å². The second-order valence-corrected chi connectivity index (χ2v) is 12.4. The Labute approximate surface area is 287 Å². The van der Waals surface area contributed by atoms with Gasteiger partial charge in [-0.25, -0.2) is 15.0 Å². The molecule has 0 bridgehead atoms. The third kappa shape index (κ3) is 4.52. The van der Waals surface area contributed by atoms with Gasteiger partial charge in [0.05, 0.1) is 22.1 Å². The van der Waals surface area contributed by atoms with Crippen molar-refractivity contribution in [2.24, 2.45) is 0 Å². The molecule has 50 heavy (non-hydrogen) atoms. The van der Waals surface area contributed by atoms with Gasteiger partial charge in [0.15, 0.2) is 17.5 Å². The number of benzene rings is 7. The highest BCUT2D eigenvalue weighted by Gasteiger charge is 2.23. The zero-order valence-electron chi connectivity index (χ0n) is 26.9. The van der Waals surface area contributed by atoms with E-state index in [0.717, 1.165) is 66.5 Å². The fraction of sp³-hybridized carbons (Fsp3) is 0. The van der Waals surface area contributed by atoms with Crippen LogP contribution < -0.4 is 0 Å². The molecule has 10 rings (SSSR count). The third-order valence-electron chi connectivity index (χ3n) is 9.44. The van der Waals surface area contributed by atoms with Gasteiger partial charge in [-0.2, -0.15) is 0 Å². The lowest BCUT2D eigenvalue weighted by molar-refractivity contribution is 0.669. The van der Waals surface area contributed by atoms with Crippen LogP contribution in [0, 0.1) is 0 Å². The molecule has 0 unspecified atom stereocenters. The van der Waals surface area contributed by atoms with Gasteiger partial charge in [0, 0.05) is 32.8 Å². The number of furan rings is 1. The van der Waals surface area contributed by atoms with Crippen LogP contribution in [0.4, 0.5) is 0 Å². The number of nitrogens with zero attached hydrogens (tertiary/aromatic N) is 4. The average molecular weight is 641 g/mol. The Bertz CT molecular complexity index is 2750. The number of aromatic nitrogens is 4. The standard InChI is InChI=1S/C45H28N4O/c1-4-15-29(16-5-1)32-27-35(45-47-43(30-17-6-2-7-18-30)46-44(48-45)31-19-8-3-9-20-31)41-40(28-32)50-39-26-14-25-38(42(39)41)49-36-23-12-10-21-33(36)34-22-11-13-24-37(34)49/h1-28H. The van der Waals surface area contributed by atoms with Crippen LogP contribution in [0.1, 0.15) is 0 Å². The lowest BCUT2D eigenvalue weighted by Gasteiger charge is -2.13. The maximum absolute atomic E-state index is 6.78. The van der Waals surface area contributed by atoms with Gasteiger partial charge in [0.1, 0.15) is 11.2 Å². The highest BCUT2D eigenvalue weighted by atomic mass is 16.3. The Kier molecular flexibility index (Phi) is 6.42. The average Bonchev–Trinajstić information content (AvgIpc) is 3.74. The van der Waals surface area contributed by atoms with Crippen LogP contribution in [-0.4, -0.2) is 19.5 Å². The fourth-order valence-corrected chi connectivity index (χ4v) is 7.20. The molecule has 0 spiro atoms. The van der Waals surface area contributed by atoms with E-state index in [2.05, 4.69) is 108 Å². The van der Waals surface area contributed by atoms with E-state index in [1.165, 1.54) is 10.8 Å². The van der Waals surface area contributed by atoms with Crippen molar-refractivity contribution in [3.05, 3.63) is 170 Å². The molecule has 3 heterocycles. The first-order valence-corrected chi connectivity index (χ1v) is 16.7. The van der Waals surface area contributed by atoms with E-state index in [0.29, 0.717) is 17.5 Å². The molecular formula is C45H28N4O. The van der Waals surface area contributed by atoms with Crippen molar-refractivity contribution in [2.45, 2.75) is 0 Å². The molecule has 10 aromatic rings. The Hall–Kier alpha value is -6.85. The first kappa shape index (κ1) is 28.2. The number of para-hydroxylation sites is 2. The van der Waals surface area contributed by atoms with Crippen molar-refractivity contribution in [1.82, 2.24) is 19.5 Å². The molecule has 0 radical (unpaired) electrons. The van der Waals surface area contributed by atoms with Crippen LogP contribution in [0.25, 0.3) is 94.7 Å². The zero-order chi connectivity index (χ0) is 33.0. The highest BCUT2D eigenvalue weighted by molar-refractivity contribution is 6.18. The predicted octanol–water partition coefficient (Wildman–Crippen LogP) is 11.5. The van der Waals surface area contributed by atoms with E-state index in [9.17, 15) is 0 Å². The van der Waals surface area contributed by atoms with Gasteiger partial charge in [-0.05, 0) is 47.5 Å². The Balaban J connectivity index is 1.34. The van der Waals surface area contributed by atoms with E-state index < -0.39 is 0 Å². The summed E-state index contributed by atoms with van der Waals surface area (Å²) in [6, 6.07) is 58.4. The first-order valence-electron chi connectivity index (χ1n) is 16.7. The lowest BCUT2D eigenvalue weighted by atomic mass is 9.97. The monoisotopic (exact) mass is 640 g/mol. The predicted molar refractivity (Wildman–Crippen MR) is 203 cm³/mol. The van der Waals surface area contributed by atoms with Gasteiger partial charge in [-0.15, -0.1) is 0 Å². The van der Waals surface area contributed by atoms with E-state index in [1.54, 1.807) is 0 Å². The summed E-state index contributed by atoms with van der Waals surface area (Å²) in [6.45, 7) is 0. The van der Waals surface area contributed by atoms with Gasteiger partial charge >= 0.3 is 0 Å². The first-order chi connectivity index (χ1) is 24.8. The maximum Gasteiger partial charge on any atom is 0.164 e. The molecule has 3 aromatic heterocycles. The topological polar surface area (TPSA) is 56.7 Å². The van der Waals surface area contributed by atoms with Crippen molar-refractivity contribution in [2.75, 3.05) is 0 Å². The minimum atomic E-state index is 0.584.